The van der Waals surface area contributed by atoms with Gasteiger partial charge in [0.15, 0.2) is 5.76 Å². The van der Waals surface area contributed by atoms with E-state index in [1.165, 1.54) is 5.39 Å². The van der Waals surface area contributed by atoms with Gasteiger partial charge < -0.3 is 23.7 Å². The van der Waals surface area contributed by atoms with Gasteiger partial charge in [0.1, 0.15) is 23.9 Å². The van der Waals surface area contributed by atoms with Crippen LogP contribution in [0.5, 0.6) is 11.5 Å². The lowest BCUT2D eigenvalue weighted by atomic mass is 10.1. The van der Waals surface area contributed by atoms with Crippen LogP contribution in [0.1, 0.15) is 16.3 Å². The van der Waals surface area contributed by atoms with E-state index in [2.05, 4.69) is 23.1 Å². The summed E-state index contributed by atoms with van der Waals surface area (Å²) < 4.78 is 17.0. The molecule has 6 nitrogen and oxygen atoms in total. The lowest BCUT2D eigenvalue weighted by molar-refractivity contribution is 0.0710. The number of rotatable bonds is 6. The summed E-state index contributed by atoms with van der Waals surface area (Å²) in [6, 6.07) is 25.7. The maximum atomic E-state index is 12.9. The smallest absolute Gasteiger partial charge is 0.289 e. The number of fused-ring (bicyclic) bond motifs is 1. The van der Waals surface area contributed by atoms with Crippen LogP contribution in [0, 0.1) is 0 Å². The van der Waals surface area contributed by atoms with E-state index in [0.29, 0.717) is 24.6 Å². The fraction of sp³-hybridized carbons (Fsp3) is 0.222. The van der Waals surface area contributed by atoms with Crippen molar-refractivity contribution in [3.63, 3.8) is 0 Å². The molecule has 4 aromatic rings. The molecule has 0 bridgehead atoms. The predicted molar refractivity (Wildman–Crippen MR) is 128 cm³/mol. The number of benzene rings is 3. The molecule has 5 rings (SSSR count). The van der Waals surface area contributed by atoms with Gasteiger partial charge in [-0.25, -0.2) is 0 Å². The van der Waals surface area contributed by atoms with Gasteiger partial charge in [-0.05, 0) is 47.2 Å². The van der Waals surface area contributed by atoms with Crippen molar-refractivity contribution in [3.8, 4) is 11.5 Å². The zero-order valence-electron chi connectivity index (χ0n) is 18.6. The minimum Gasteiger partial charge on any atom is -0.497 e. The molecule has 0 aliphatic carbocycles. The summed E-state index contributed by atoms with van der Waals surface area (Å²) in [6.45, 7) is 3.07. The van der Waals surface area contributed by atoms with Crippen LogP contribution in [0.2, 0.25) is 0 Å². The number of carbonyl (C=O) groups is 1. The number of amides is 1. The van der Waals surface area contributed by atoms with Crippen LogP contribution >= 0.6 is 0 Å². The van der Waals surface area contributed by atoms with Crippen LogP contribution < -0.4 is 14.4 Å². The number of ether oxygens (including phenoxy) is 2. The summed E-state index contributed by atoms with van der Waals surface area (Å²) in [5.41, 5.74) is 1.10. The van der Waals surface area contributed by atoms with Gasteiger partial charge in [-0.2, -0.15) is 0 Å². The minimum absolute atomic E-state index is 0.0859. The van der Waals surface area contributed by atoms with Crippen LogP contribution in [0.15, 0.2) is 83.3 Å². The van der Waals surface area contributed by atoms with E-state index in [1.807, 2.05) is 53.4 Å². The van der Waals surface area contributed by atoms with Crippen LogP contribution in [0.25, 0.3) is 10.8 Å². The highest BCUT2D eigenvalue weighted by atomic mass is 16.5. The highest BCUT2D eigenvalue weighted by Gasteiger charge is 2.24. The lowest BCUT2D eigenvalue weighted by Crippen LogP contribution is -2.48. The van der Waals surface area contributed by atoms with Gasteiger partial charge in [0.05, 0.1) is 7.11 Å². The molecule has 0 unspecified atom stereocenters. The Morgan fingerprint density at radius 2 is 1.67 bits per heavy atom. The first kappa shape index (κ1) is 20.9. The van der Waals surface area contributed by atoms with Crippen LogP contribution in [-0.4, -0.2) is 44.1 Å². The van der Waals surface area contributed by atoms with Crippen LogP contribution in [0.3, 0.4) is 0 Å². The molecule has 168 valence electrons. The quantitative estimate of drug-likeness (QED) is 0.421. The molecule has 0 spiro atoms. The molecular weight excluding hydrogens is 416 g/mol. The van der Waals surface area contributed by atoms with E-state index in [9.17, 15) is 4.79 Å². The highest BCUT2D eigenvalue weighted by Crippen LogP contribution is 2.24. The molecule has 2 heterocycles. The molecule has 1 aromatic heterocycles. The third-order valence-corrected chi connectivity index (χ3v) is 5.96. The Morgan fingerprint density at radius 1 is 0.848 bits per heavy atom. The highest BCUT2D eigenvalue weighted by molar-refractivity contribution is 5.91. The van der Waals surface area contributed by atoms with Gasteiger partial charge >= 0.3 is 0 Å². The van der Waals surface area contributed by atoms with Gasteiger partial charge in [0, 0.05) is 37.9 Å². The fourth-order valence-corrected chi connectivity index (χ4v) is 4.11. The topological polar surface area (TPSA) is 55.2 Å². The maximum Gasteiger partial charge on any atom is 0.289 e. The summed E-state index contributed by atoms with van der Waals surface area (Å²) in [7, 11) is 1.67. The van der Waals surface area contributed by atoms with Gasteiger partial charge in [0.25, 0.3) is 5.91 Å². The standard InChI is InChI=1S/C27H26N2O4/c1-31-23-8-4-7-22(18-23)28-13-15-29(16-14-28)27(30)26-12-11-25(33-26)19-32-24-10-9-20-5-2-3-6-21(20)17-24/h2-12,17-18H,13-16,19H2,1H3. The second kappa shape index (κ2) is 9.28. The zero-order chi connectivity index (χ0) is 22.6. The molecule has 1 aliphatic heterocycles. The Hall–Kier alpha value is -3.93. The van der Waals surface area contributed by atoms with Crippen molar-refractivity contribution in [3.05, 3.63) is 90.4 Å². The molecule has 1 fully saturated rings. The van der Waals surface area contributed by atoms with E-state index in [1.54, 1.807) is 19.2 Å². The average molecular weight is 443 g/mol. The maximum absolute atomic E-state index is 12.9. The predicted octanol–water partition coefficient (Wildman–Crippen LogP) is 4.98. The third kappa shape index (κ3) is 4.65. The van der Waals surface area contributed by atoms with E-state index >= 15 is 0 Å². The fourth-order valence-electron chi connectivity index (χ4n) is 4.11. The number of methoxy groups -OCH3 is 1. The van der Waals surface area contributed by atoms with Crippen molar-refractivity contribution >= 4 is 22.4 Å². The average Bonchev–Trinajstić information content (AvgIpc) is 3.36. The van der Waals surface area contributed by atoms with Crippen molar-refractivity contribution in [1.82, 2.24) is 4.90 Å². The van der Waals surface area contributed by atoms with Crippen molar-refractivity contribution in [1.29, 1.82) is 0 Å². The number of hydrogen-bond donors (Lipinski definition) is 0. The number of hydrogen-bond acceptors (Lipinski definition) is 5. The zero-order valence-corrected chi connectivity index (χ0v) is 18.6. The van der Waals surface area contributed by atoms with Gasteiger partial charge in [-0.3, -0.25) is 4.79 Å². The molecule has 0 N–H and O–H groups in total. The lowest BCUT2D eigenvalue weighted by Gasteiger charge is -2.35. The molecule has 33 heavy (non-hydrogen) atoms. The third-order valence-electron chi connectivity index (χ3n) is 5.96. The van der Waals surface area contributed by atoms with Crippen molar-refractivity contribution in [2.24, 2.45) is 0 Å². The normalized spacial score (nSPS) is 13.8. The number of carbonyl (C=O) groups excluding carboxylic acids is 1. The Morgan fingerprint density at radius 3 is 2.48 bits per heavy atom. The molecule has 0 atom stereocenters. The second-order valence-corrected chi connectivity index (χ2v) is 8.04. The largest absolute Gasteiger partial charge is 0.497 e. The first-order valence-corrected chi connectivity index (χ1v) is 11.1. The monoisotopic (exact) mass is 442 g/mol. The molecular formula is C27H26N2O4. The number of nitrogens with zero attached hydrogens (tertiary/aromatic N) is 2. The van der Waals surface area contributed by atoms with Crippen LogP contribution in [-0.2, 0) is 6.61 Å². The first-order chi connectivity index (χ1) is 16.2. The molecule has 1 aliphatic rings. The summed E-state index contributed by atoms with van der Waals surface area (Å²) in [5.74, 6) is 2.49. The van der Waals surface area contributed by atoms with Gasteiger partial charge in [-0.1, -0.05) is 36.4 Å². The van der Waals surface area contributed by atoms with E-state index in [-0.39, 0.29) is 12.5 Å². The Labute approximate surface area is 192 Å². The van der Waals surface area contributed by atoms with E-state index in [0.717, 1.165) is 35.7 Å². The Kier molecular flexibility index (Phi) is 5.89. The summed E-state index contributed by atoms with van der Waals surface area (Å²) in [6.07, 6.45) is 0. The Balaban J connectivity index is 1.17. The molecule has 1 amide bonds. The molecule has 1 saturated heterocycles. The summed E-state index contributed by atoms with van der Waals surface area (Å²) in [5, 5.41) is 2.29. The van der Waals surface area contributed by atoms with Crippen molar-refractivity contribution < 1.29 is 18.7 Å². The SMILES string of the molecule is COc1cccc(N2CCN(C(=O)c3ccc(COc4ccc5ccccc5c4)o3)CC2)c1. The summed E-state index contributed by atoms with van der Waals surface area (Å²) in [4.78, 5) is 17.0. The second-order valence-electron chi connectivity index (χ2n) is 8.04. The molecule has 0 radical (unpaired) electrons. The Bertz CT molecular complexity index is 1260. The summed E-state index contributed by atoms with van der Waals surface area (Å²) >= 11 is 0. The van der Waals surface area contributed by atoms with E-state index in [4.69, 9.17) is 13.9 Å². The molecule has 6 heteroatoms. The van der Waals surface area contributed by atoms with E-state index < -0.39 is 0 Å². The molecule has 0 saturated carbocycles. The minimum atomic E-state index is -0.0859. The molecule has 3 aromatic carbocycles. The number of anilines is 1. The van der Waals surface area contributed by atoms with Gasteiger partial charge in [0.2, 0.25) is 0 Å². The first-order valence-electron chi connectivity index (χ1n) is 11.1. The van der Waals surface area contributed by atoms with Crippen molar-refractivity contribution in [2.45, 2.75) is 6.61 Å². The van der Waals surface area contributed by atoms with Crippen molar-refractivity contribution in [2.75, 3.05) is 38.2 Å². The van der Waals surface area contributed by atoms with Gasteiger partial charge in [-0.15, -0.1) is 0 Å². The number of furan rings is 1. The van der Waals surface area contributed by atoms with Crippen LogP contribution in [0.4, 0.5) is 5.69 Å². The number of piperazine rings is 1.